The van der Waals surface area contributed by atoms with Crippen LogP contribution in [0.15, 0.2) is 39.8 Å². The number of thioether (sulfide) groups is 1. The van der Waals surface area contributed by atoms with Crippen molar-refractivity contribution in [3.8, 4) is 0 Å². The molecule has 2 aromatic rings. The molecule has 0 spiro atoms. The van der Waals surface area contributed by atoms with E-state index in [1.807, 2.05) is 0 Å². The molecule has 124 valence electrons. The second kappa shape index (κ2) is 5.25. The quantitative estimate of drug-likeness (QED) is 0.870. The molecule has 6 nitrogen and oxygen atoms in total. The Hall–Kier alpha value is -1.51. The number of hydrogen-bond donors (Lipinski definition) is 2. The van der Waals surface area contributed by atoms with Gasteiger partial charge >= 0.3 is 5.97 Å². The Kier molecular flexibility index (Phi) is 3.74. The van der Waals surface area contributed by atoms with E-state index in [-0.39, 0.29) is 5.09 Å². The minimum Gasteiger partial charge on any atom is -0.479 e. The lowest BCUT2D eigenvalue weighted by Gasteiger charge is -2.45. The summed E-state index contributed by atoms with van der Waals surface area (Å²) in [4.78, 5) is 9.89. The third kappa shape index (κ3) is 2.20. The highest BCUT2D eigenvalue weighted by Crippen LogP contribution is 2.45. The average molecular weight is 355 g/mol. The van der Waals surface area contributed by atoms with Gasteiger partial charge in [-0.2, -0.15) is 11.8 Å². The summed E-state index contributed by atoms with van der Waals surface area (Å²) in [5.41, 5.74) is 0.410. The Morgan fingerprint density at radius 1 is 1.35 bits per heavy atom. The molecular weight excluding hydrogens is 338 g/mol. The second-order valence-corrected chi connectivity index (χ2v) is 9.62. The van der Waals surface area contributed by atoms with E-state index in [0.717, 1.165) is 0 Å². The van der Waals surface area contributed by atoms with Crippen LogP contribution in [0.3, 0.4) is 0 Å². The van der Waals surface area contributed by atoms with Gasteiger partial charge in [0.15, 0.2) is 0 Å². The fourth-order valence-corrected chi connectivity index (χ4v) is 6.49. The van der Waals surface area contributed by atoms with E-state index in [1.165, 1.54) is 17.8 Å². The summed E-state index contributed by atoms with van der Waals surface area (Å²) in [5, 5.41) is 12.8. The fourth-order valence-electron chi connectivity index (χ4n) is 2.96. The van der Waals surface area contributed by atoms with E-state index in [2.05, 4.69) is 5.32 Å². The predicted molar refractivity (Wildman–Crippen MR) is 88.3 cm³/mol. The molecule has 1 unspecified atom stereocenters. The first-order chi connectivity index (χ1) is 10.7. The summed E-state index contributed by atoms with van der Waals surface area (Å²) >= 11 is 1.32. The minimum absolute atomic E-state index is 0.292. The first kappa shape index (κ1) is 16.4. The van der Waals surface area contributed by atoms with Crippen molar-refractivity contribution in [3.05, 3.63) is 30.3 Å². The molecule has 0 saturated carbocycles. The zero-order valence-electron chi connectivity index (χ0n) is 12.7. The maximum atomic E-state index is 13.2. The first-order valence-electron chi connectivity index (χ1n) is 7.08. The van der Waals surface area contributed by atoms with Crippen LogP contribution in [0.2, 0.25) is 0 Å². The predicted octanol–water partition coefficient (Wildman–Crippen LogP) is 2.10. The van der Waals surface area contributed by atoms with Crippen molar-refractivity contribution >= 4 is 38.5 Å². The van der Waals surface area contributed by atoms with E-state index >= 15 is 0 Å². The van der Waals surface area contributed by atoms with E-state index in [1.54, 1.807) is 38.1 Å². The van der Waals surface area contributed by atoms with Gasteiger partial charge in [0.2, 0.25) is 19.8 Å². The van der Waals surface area contributed by atoms with Crippen LogP contribution >= 0.6 is 11.8 Å². The topological polar surface area (TPSA) is 96.6 Å². The molecule has 1 aliphatic rings. The summed E-state index contributed by atoms with van der Waals surface area (Å²) < 4.78 is 30.8. The highest BCUT2D eigenvalue weighted by Gasteiger charge is 2.64. The standard InChI is InChI=1S/C15H17NO5S2/c1-14(2)15(13(17)18,16-7-8-22-14)23(19,20)12-9-10-5-3-4-6-11(10)21-12/h3-6,9,16H,7-8H2,1-2H3,(H,17,18). The second-order valence-electron chi connectivity index (χ2n) is 5.88. The molecule has 8 heteroatoms. The van der Waals surface area contributed by atoms with Gasteiger partial charge in [-0.3, -0.25) is 5.32 Å². The number of hydrogen-bond acceptors (Lipinski definition) is 6. The van der Waals surface area contributed by atoms with Crippen molar-refractivity contribution in [2.45, 2.75) is 28.6 Å². The van der Waals surface area contributed by atoms with Gasteiger partial charge in [-0.25, -0.2) is 13.2 Å². The van der Waals surface area contributed by atoms with Gasteiger partial charge in [0, 0.05) is 23.8 Å². The molecule has 3 rings (SSSR count). The number of carbonyl (C=O) groups is 1. The number of aliphatic carboxylic acids is 1. The summed E-state index contributed by atoms with van der Waals surface area (Å²) in [6.45, 7) is 3.54. The third-order valence-corrected chi connectivity index (χ3v) is 8.09. The Labute approximate surface area is 138 Å². The number of rotatable bonds is 3. The molecule has 1 aromatic carbocycles. The molecule has 2 heterocycles. The van der Waals surface area contributed by atoms with Crippen molar-refractivity contribution in [2.24, 2.45) is 0 Å². The molecule has 1 aromatic heterocycles. The molecule has 0 aliphatic carbocycles. The lowest BCUT2D eigenvalue weighted by molar-refractivity contribution is -0.142. The monoisotopic (exact) mass is 355 g/mol. The molecule has 0 amide bonds. The van der Waals surface area contributed by atoms with Gasteiger partial charge < -0.3 is 9.52 Å². The number of nitrogens with one attached hydrogen (secondary N) is 1. The van der Waals surface area contributed by atoms with E-state index in [4.69, 9.17) is 4.42 Å². The van der Waals surface area contributed by atoms with Crippen molar-refractivity contribution in [1.29, 1.82) is 0 Å². The number of benzene rings is 1. The molecule has 1 saturated heterocycles. The number of sulfone groups is 1. The Morgan fingerprint density at radius 2 is 2.04 bits per heavy atom. The maximum Gasteiger partial charge on any atom is 0.341 e. The SMILES string of the molecule is CC1(C)SCCNC1(C(=O)O)S(=O)(=O)c1cc2ccccc2o1. The van der Waals surface area contributed by atoms with Crippen molar-refractivity contribution in [2.75, 3.05) is 12.3 Å². The fraction of sp³-hybridized carbons (Fsp3) is 0.400. The summed E-state index contributed by atoms with van der Waals surface area (Å²) in [5.74, 6) is -0.785. The van der Waals surface area contributed by atoms with Gasteiger partial charge in [0.1, 0.15) is 5.58 Å². The Bertz CT molecular complexity index is 838. The molecule has 1 aliphatic heterocycles. The van der Waals surface area contributed by atoms with Gasteiger partial charge in [0.25, 0.3) is 0 Å². The van der Waals surface area contributed by atoms with Crippen LogP contribution in [-0.4, -0.2) is 41.4 Å². The van der Waals surface area contributed by atoms with Crippen LogP contribution in [0, 0.1) is 0 Å². The smallest absolute Gasteiger partial charge is 0.341 e. The van der Waals surface area contributed by atoms with Crippen LogP contribution in [0.25, 0.3) is 11.0 Å². The van der Waals surface area contributed by atoms with Crippen molar-refractivity contribution < 1.29 is 22.7 Å². The molecular formula is C15H17NO5S2. The highest BCUT2D eigenvalue weighted by atomic mass is 32.2. The van der Waals surface area contributed by atoms with Crippen LogP contribution in [-0.2, 0) is 14.6 Å². The van der Waals surface area contributed by atoms with Gasteiger partial charge in [-0.15, -0.1) is 0 Å². The van der Waals surface area contributed by atoms with Crippen molar-refractivity contribution in [1.82, 2.24) is 5.32 Å². The minimum atomic E-state index is -4.29. The lowest BCUT2D eigenvalue weighted by atomic mass is 10.0. The molecule has 0 bridgehead atoms. The average Bonchev–Trinajstić information content (AvgIpc) is 2.90. The van der Waals surface area contributed by atoms with Crippen molar-refractivity contribution in [3.63, 3.8) is 0 Å². The Morgan fingerprint density at radius 3 is 2.65 bits per heavy atom. The molecule has 1 atom stereocenters. The van der Waals surface area contributed by atoms with Gasteiger partial charge in [-0.1, -0.05) is 18.2 Å². The summed E-state index contributed by atoms with van der Waals surface area (Å²) in [6.07, 6.45) is 0. The third-order valence-electron chi connectivity index (χ3n) is 4.16. The highest BCUT2D eigenvalue weighted by molar-refractivity contribution is 8.02. The van der Waals surface area contributed by atoms with Gasteiger partial charge in [0.05, 0.1) is 4.75 Å². The first-order valence-corrected chi connectivity index (χ1v) is 9.55. The van der Waals surface area contributed by atoms with Crippen LogP contribution in [0.5, 0.6) is 0 Å². The molecule has 23 heavy (non-hydrogen) atoms. The normalized spacial score (nSPS) is 24.6. The Balaban J connectivity index is 2.24. The van der Waals surface area contributed by atoms with E-state index in [9.17, 15) is 18.3 Å². The zero-order valence-corrected chi connectivity index (χ0v) is 14.3. The number of carboxylic acids is 1. The van der Waals surface area contributed by atoms with Gasteiger partial charge in [-0.05, 0) is 19.9 Å². The number of furan rings is 1. The summed E-state index contributed by atoms with van der Waals surface area (Å²) in [7, 11) is -4.29. The van der Waals surface area contributed by atoms with E-state index < -0.39 is 25.4 Å². The van der Waals surface area contributed by atoms with Crippen LogP contribution < -0.4 is 5.32 Å². The number of para-hydroxylation sites is 1. The molecule has 1 fully saturated rings. The number of carboxylic acid groups (broad SMARTS) is 1. The number of fused-ring (bicyclic) bond motifs is 1. The maximum absolute atomic E-state index is 13.2. The lowest BCUT2D eigenvalue weighted by Crippen LogP contribution is -2.70. The molecule has 0 radical (unpaired) electrons. The van der Waals surface area contributed by atoms with Crippen LogP contribution in [0.4, 0.5) is 0 Å². The largest absolute Gasteiger partial charge is 0.479 e. The summed E-state index contributed by atoms with van der Waals surface area (Å²) in [6, 6.07) is 8.25. The zero-order chi connectivity index (χ0) is 16.9. The van der Waals surface area contributed by atoms with E-state index in [0.29, 0.717) is 23.3 Å². The molecule has 2 N–H and O–H groups in total. The van der Waals surface area contributed by atoms with Crippen LogP contribution in [0.1, 0.15) is 13.8 Å².